The summed E-state index contributed by atoms with van der Waals surface area (Å²) in [5, 5.41) is 22.4. The Kier molecular flexibility index (Phi) is 63.4. The van der Waals surface area contributed by atoms with Crippen molar-refractivity contribution in [2.45, 2.75) is 106 Å². The molecule has 0 radical (unpaired) electrons. The van der Waals surface area contributed by atoms with Crippen LogP contribution in [0.15, 0.2) is 0 Å². The lowest BCUT2D eigenvalue weighted by Gasteiger charge is -2.07. The van der Waals surface area contributed by atoms with Crippen molar-refractivity contribution in [3.8, 4) is 0 Å². The number of thioether (sulfide) groups is 1. The minimum Gasteiger partial charge on any atom is -0.400 e. The Hall–Kier alpha value is 0.230. The van der Waals surface area contributed by atoms with E-state index in [1.54, 1.807) is 0 Å². The molecule has 0 saturated heterocycles. The molecule has 0 aliphatic heterocycles. The number of hydrogen-bond acceptors (Lipinski definition) is 4. The molecule has 4 heteroatoms. The van der Waals surface area contributed by atoms with Gasteiger partial charge < -0.3 is 15.3 Å². The zero-order valence-corrected chi connectivity index (χ0v) is 21.2. The van der Waals surface area contributed by atoms with Crippen LogP contribution in [-0.4, -0.2) is 47.7 Å². The van der Waals surface area contributed by atoms with Crippen molar-refractivity contribution < 1.29 is 15.3 Å². The van der Waals surface area contributed by atoms with E-state index in [4.69, 9.17) is 15.3 Å². The van der Waals surface area contributed by atoms with E-state index in [1.165, 1.54) is 56.5 Å². The second-order valence-corrected chi connectivity index (χ2v) is 7.30. The fourth-order valence-corrected chi connectivity index (χ4v) is 3.43. The van der Waals surface area contributed by atoms with Crippen LogP contribution in [0.5, 0.6) is 0 Å². The smallest absolute Gasteiger partial charge is 0.0431 e. The summed E-state index contributed by atoms with van der Waals surface area (Å²) in [7, 11) is 2.00. The zero-order valence-electron chi connectivity index (χ0n) is 20.4. The van der Waals surface area contributed by atoms with E-state index in [0.29, 0.717) is 6.61 Å². The molecule has 0 aromatic carbocycles. The molecule has 1 fully saturated rings. The summed E-state index contributed by atoms with van der Waals surface area (Å²) in [6.45, 7) is 15.2. The Morgan fingerprint density at radius 2 is 1.37 bits per heavy atom. The van der Waals surface area contributed by atoms with Gasteiger partial charge in [-0.25, -0.2) is 0 Å². The zero-order chi connectivity index (χ0) is 22.3. The summed E-state index contributed by atoms with van der Waals surface area (Å²) in [5.74, 6) is 4.53. The summed E-state index contributed by atoms with van der Waals surface area (Å²) < 4.78 is 0. The summed E-state index contributed by atoms with van der Waals surface area (Å²) in [6, 6.07) is 0. The van der Waals surface area contributed by atoms with Gasteiger partial charge in [0.05, 0.1) is 0 Å². The Bertz CT molecular complexity index is 175. The van der Waals surface area contributed by atoms with Crippen LogP contribution >= 0.6 is 11.8 Å². The highest BCUT2D eigenvalue weighted by molar-refractivity contribution is 7.99. The van der Waals surface area contributed by atoms with Crippen LogP contribution in [0.1, 0.15) is 106 Å². The molecule has 1 saturated carbocycles. The Labute approximate surface area is 177 Å². The minimum atomic E-state index is 0.351. The third-order valence-electron chi connectivity index (χ3n) is 3.92. The summed E-state index contributed by atoms with van der Waals surface area (Å²) in [4.78, 5) is 0. The fourth-order valence-electron chi connectivity index (χ4n) is 2.73. The highest BCUT2D eigenvalue weighted by atomic mass is 32.2. The van der Waals surface area contributed by atoms with Crippen LogP contribution in [0.2, 0.25) is 0 Å². The molecule has 0 heterocycles. The Balaban J connectivity index is -0.0000000892. The van der Waals surface area contributed by atoms with E-state index in [0.717, 1.165) is 38.9 Å². The van der Waals surface area contributed by atoms with Crippen molar-refractivity contribution in [3.63, 3.8) is 0 Å². The van der Waals surface area contributed by atoms with Crippen LogP contribution in [-0.2, 0) is 0 Å². The van der Waals surface area contributed by atoms with E-state index in [2.05, 4.69) is 20.8 Å². The molecule has 0 amide bonds. The van der Waals surface area contributed by atoms with E-state index < -0.39 is 0 Å². The topological polar surface area (TPSA) is 60.7 Å². The van der Waals surface area contributed by atoms with Crippen molar-refractivity contribution in [3.05, 3.63) is 0 Å². The largest absolute Gasteiger partial charge is 0.400 e. The molecule has 0 bridgehead atoms. The van der Waals surface area contributed by atoms with Crippen LogP contribution in [0, 0.1) is 11.8 Å². The minimum absolute atomic E-state index is 0.351. The molecule has 27 heavy (non-hydrogen) atoms. The molecule has 0 aromatic heterocycles. The highest BCUT2D eigenvalue weighted by Crippen LogP contribution is 2.33. The van der Waals surface area contributed by atoms with E-state index in [1.807, 2.05) is 39.5 Å². The highest BCUT2D eigenvalue weighted by Gasteiger charge is 2.20. The maximum absolute atomic E-state index is 8.36. The van der Waals surface area contributed by atoms with E-state index in [-0.39, 0.29) is 0 Å². The molecule has 1 aliphatic carbocycles. The molecule has 172 valence electrons. The maximum Gasteiger partial charge on any atom is 0.0431 e. The van der Waals surface area contributed by atoms with Gasteiger partial charge in [-0.05, 0) is 42.6 Å². The SMILES string of the molecule is CC.CC.CCCCC[C@H]1CCC(C)C1.CCSCCCCO.CO.CO. The molecule has 3 nitrogen and oxygen atoms in total. The van der Waals surface area contributed by atoms with Gasteiger partial charge in [0.25, 0.3) is 0 Å². The van der Waals surface area contributed by atoms with Crippen LogP contribution < -0.4 is 0 Å². The average Bonchev–Trinajstić information content (AvgIpc) is 3.17. The second-order valence-electron chi connectivity index (χ2n) is 5.91. The number of rotatable bonds is 9. The first-order chi connectivity index (χ1) is 13.2. The van der Waals surface area contributed by atoms with Gasteiger partial charge in [0, 0.05) is 20.8 Å². The van der Waals surface area contributed by atoms with Gasteiger partial charge in [0.2, 0.25) is 0 Å². The van der Waals surface area contributed by atoms with Gasteiger partial charge in [-0.2, -0.15) is 11.8 Å². The molecule has 3 N–H and O–H groups in total. The number of hydrogen-bond donors (Lipinski definition) is 3. The van der Waals surface area contributed by atoms with Crippen LogP contribution in [0.4, 0.5) is 0 Å². The van der Waals surface area contributed by atoms with E-state index in [9.17, 15) is 0 Å². The predicted molar refractivity (Wildman–Crippen MR) is 129 cm³/mol. The molecule has 1 rings (SSSR count). The Morgan fingerprint density at radius 3 is 1.74 bits per heavy atom. The number of unbranched alkanes of at least 4 members (excludes halogenated alkanes) is 3. The molecule has 1 aliphatic rings. The van der Waals surface area contributed by atoms with Gasteiger partial charge in [0.1, 0.15) is 0 Å². The van der Waals surface area contributed by atoms with Crippen molar-refractivity contribution in [2.75, 3.05) is 32.3 Å². The normalized spacial score (nSPS) is 16.4. The third-order valence-corrected chi connectivity index (χ3v) is 4.91. The first-order valence-corrected chi connectivity index (χ1v) is 12.5. The third kappa shape index (κ3) is 41.6. The second kappa shape index (κ2) is 45.2. The van der Waals surface area contributed by atoms with Crippen molar-refractivity contribution >= 4 is 11.8 Å². The fraction of sp³-hybridized carbons (Fsp3) is 1.00. The summed E-state index contributed by atoms with van der Waals surface area (Å²) in [5.41, 5.74) is 0. The Morgan fingerprint density at radius 1 is 0.815 bits per heavy atom. The average molecular weight is 413 g/mol. The first kappa shape index (κ1) is 37.9. The number of aliphatic hydroxyl groups is 3. The molecular formula is C23H56O3S. The van der Waals surface area contributed by atoms with Gasteiger partial charge in [-0.3, -0.25) is 0 Å². The maximum atomic E-state index is 8.36. The van der Waals surface area contributed by atoms with E-state index >= 15 is 0 Å². The molecule has 0 aromatic rings. The van der Waals surface area contributed by atoms with Crippen molar-refractivity contribution in [2.24, 2.45) is 11.8 Å². The monoisotopic (exact) mass is 412 g/mol. The lowest BCUT2D eigenvalue weighted by Crippen LogP contribution is -1.93. The van der Waals surface area contributed by atoms with Crippen molar-refractivity contribution in [1.29, 1.82) is 0 Å². The summed E-state index contributed by atoms with van der Waals surface area (Å²) in [6.07, 6.45) is 12.5. The number of aliphatic hydroxyl groups excluding tert-OH is 3. The molecule has 2 atom stereocenters. The van der Waals surface area contributed by atoms with Gasteiger partial charge in [0.15, 0.2) is 0 Å². The van der Waals surface area contributed by atoms with Gasteiger partial charge in [-0.1, -0.05) is 87.0 Å². The standard InChI is InChI=1S/C11H22.C6H14OS.2C2H6.2CH4O/c1-3-4-5-6-11-8-7-10(2)9-11;1-2-8-6-4-3-5-7;4*1-2/h10-11H,3-9H2,1-2H3;7H,2-6H2,1H3;2*1-2H3;2*2H,1H3/t10?,11-;;;;;/m0...../s1. The van der Waals surface area contributed by atoms with Crippen LogP contribution in [0.3, 0.4) is 0 Å². The molecule has 1 unspecified atom stereocenters. The van der Waals surface area contributed by atoms with Crippen LogP contribution in [0.25, 0.3) is 0 Å². The lowest BCUT2D eigenvalue weighted by atomic mass is 9.99. The molecular weight excluding hydrogens is 356 g/mol. The lowest BCUT2D eigenvalue weighted by molar-refractivity contribution is 0.287. The van der Waals surface area contributed by atoms with Gasteiger partial charge >= 0.3 is 0 Å². The summed E-state index contributed by atoms with van der Waals surface area (Å²) >= 11 is 1.94. The first-order valence-electron chi connectivity index (χ1n) is 11.3. The molecule has 0 spiro atoms. The quantitative estimate of drug-likeness (QED) is 0.365. The van der Waals surface area contributed by atoms with Crippen molar-refractivity contribution in [1.82, 2.24) is 0 Å². The van der Waals surface area contributed by atoms with Gasteiger partial charge in [-0.15, -0.1) is 0 Å². The predicted octanol–water partition coefficient (Wildman–Crippen LogP) is 6.78.